The van der Waals surface area contributed by atoms with Gasteiger partial charge in [-0.05, 0) is 29.7 Å². The molecular formula is C26H26O6. The summed E-state index contributed by atoms with van der Waals surface area (Å²) in [4.78, 5) is 0. The van der Waals surface area contributed by atoms with Gasteiger partial charge in [0, 0.05) is 18.1 Å². The predicted octanol–water partition coefficient (Wildman–Crippen LogP) is 3.74. The molecule has 4 atom stereocenters. The molecule has 1 aliphatic heterocycles. The van der Waals surface area contributed by atoms with E-state index in [1.807, 2.05) is 54.6 Å². The molecule has 1 heterocycles. The van der Waals surface area contributed by atoms with Crippen molar-refractivity contribution in [3.05, 3.63) is 83.4 Å². The van der Waals surface area contributed by atoms with Gasteiger partial charge in [-0.2, -0.15) is 0 Å². The molecule has 0 saturated heterocycles. The first-order chi connectivity index (χ1) is 15.5. The van der Waals surface area contributed by atoms with Crippen molar-refractivity contribution in [3.63, 3.8) is 0 Å². The summed E-state index contributed by atoms with van der Waals surface area (Å²) in [7, 11) is 4.71. The standard InChI is InChI=1S/C26H26O6/c1-29-18-11-9-16(10-12-18)20-15-23-25(27,17-7-5-4-6-8-17)26(20,28)24-21(31-3)13-19(30-2)14-22(24)32-23/h4-14,20,23,27-28H,15H2,1-3H3/t20-,23-,25+,26+/m1/s1. The lowest BCUT2D eigenvalue weighted by atomic mass is 9.68. The van der Waals surface area contributed by atoms with E-state index in [9.17, 15) is 10.2 Å². The Hall–Kier alpha value is -3.22. The number of rotatable bonds is 5. The quantitative estimate of drug-likeness (QED) is 0.637. The maximum atomic E-state index is 12.6. The van der Waals surface area contributed by atoms with Gasteiger partial charge in [0.05, 0.1) is 26.9 Å². The number of fused-ring (bicyclic) bond motifs is 4. The minimum Gasteiger partial charge on any atom is -0.497 e. The van der Waals surface area contributed by atoms with Crippen molar-refractivity contribution in [1.82, 2.24) is 0 Å². The Morgan fingerprint density at radius 2 is 1.50 bits per heavy atom. The summed E-state index contributed by atoms with van der Waals surface area (Å²) in [5.74, 6) is 1.67. The van der Waals surface area contributed by atoms with E-state index in [0.717, 1.165) is 11.3 Å². The Labute approximate surface area is 186 Å². The number of aliphatic hydroxyl groups is 2. The van der Waals surface area contributed by atoms with Gasteiger partial charge < -0.3 is 29.2 Å². The number of ether oxygens (including phenoxy) is 4. The average Bonchev–Trinajstić information content (AvgIpc) is 2.97. The van der Waals surface area contributed by atoms with E-state index in [4.69, 9.17) is 18.9 Å². The molecule has 32 heavy (non-hydrogen) atoms. The second kappa shape index (κ2) is 7.43. The van der Waals surface area contributed by atoms with Crippen LogP contribution in [0.4, 0.5) is 0 Å². The lowest BCUT2D eigenvalue weighted by Crippen LogP contribution is -2.56. The number of methoxy groups -OCH3 is 3. The summed E-state index contributed by atoms with van der Waals surface area (Å²) in [6, 6.07) is 20.2. The smallest absolute Gasteiger partial charge is 0.160 e. The summed E-state index contributed by atoms with van der Waals surface area (Å²) >= 11 is 0. The van der Waals surface area contributed by atoms with Crippen molar-refractivity contribution in [1.29, 1.82) is 0 Å². The zero-order valence-corrected chi connectivity index (χ0v) is 18.2. The first kappa shape index (κ1) is 20.7. The van der Waals surface area contributed by atoms with Crippen LogP contribution in [0, 0.1) is 0 Å². The van der Waals surface area contributed by atoms with Crippen LogP contribution in [0.5, 0.6) is 23.0 Å². The van der Waals surface area contributed by atoms with Crippen molar-refractivity contribution in [2.75, 3.05) is 21.3 Å². The lowest BCUT2D eigenvalue weighted by Gasteiger charge is -2.48. The third-order valence-electron chi connectivity index (χ3n) is 6.88. The zero-order valence-electron chi connectivity index (χ0n) is 18.2. The van der Waals surface area contributed by atoms with E-state index in [2.05, 4.69) is 0 Å². The zero-order chi connectivity index (χ0) is 22.5. The molecule has 6 heteroatoms. The monoisotopic (exact) mass is 434 g/mol. The highest BCUT2D eigenvalue weighted by Gasteiger charge is 2.71. The number of hydrogen-bond acceptors (Lipinski definition) is 6. The number of benzene rings is 3. The van der Waals surface area contributed by atoms with Crippen molar-refractivity contribution >= 4 is 0 Å². The lowest BCUT2D eigenvalue weighted by molar-refractivity contribution is -0.195. The fraction of sp³-hybridized carbons (Fsp3) is 0.308. The molecule has 0 unspecified atom stereocenters. The highest BCUT2D eigenvalue weighted by molar-refractivity contribution is 5.60. The number of hydrogen-bond donors (Lipinski definition) is 2. The van der Waals surface area contributed by atoms with E-state index in [1.165, 1.54) is 7.11 Å². The van der Waals surface area contributed by atoms with E-state index in [1.54, 1.807) is 26.4 Å². The Morgan fingerprint density at radius 3 is 2.12 bits per heavy atom. The van der Waals surface area contributed by atoms with Gasteiger partial charge in [-0.25, -0.2) is 0 Å². The Kier molecular flexibility index (Phi) is 4.80. The highest BCUT2D eigenvalue weighted by atomic mass is 16.5. The van der Waals surface area contributed by atoms with E-state index < -0.39 is 23.2 Å². The van der Waals surface area contributed by atoms with Gasteiger partial charge >= 0.3 is 0 Å². The molecule has 3 aromatic rings. The molecule has 2 aliphatic rings. The van der Waals surface area contributed by atoms with Crippen LogP contribution in [0.25, 0.3) is 0 Å². The van der Waals surface area contributed by atoms with Crippen LogP contribution in [0.2, 0.25) is 0 Å². The molecular weight excluding hydrogens is 408 g/mol. The molecule has 2 bridgehead atoms. The largest absolute Gasteiger partial charge is 0.497 e. The van der Waals surface area contributed by atoms with Crippen LogP contribution in [-0.4, -0.2) is 37.6 Å². The van der Waals surface area contributed by atoms with Crippen LogP contribution >= 0.6 is 0 Å². The van der Waals surface area contributed by atoms with E-state index in [-0.39, 0.29) is 0 Å². The summed E-state index contributed by atoms with van der Waals surface area (Å²) in [6.45, 7) is 0. The fourth-order valence-electron chi connectivity index (χ4n) is 5.34. The summed E-state index contributed by atoms with van der Waals surface area (Å²) in [6.07, 6.45) is -0.264. The van der Waals surface area contributed by atoms with E-state index >= 15 is 0 Å². The van der Waals surface area contributed by atoms with Crippen LogP contribution in [-0.2, 0) is 11.2 Å². The molecule has 0 amide bonds. The average molecular weight is 434 g/mol. The molecule has 0 spiro atoms. The Balaban J connectivity index is 1.78. The Morgan fingerprint density at radius 1 is 0.812 bits per heavy atom. The van der Waals surface area contributed by atoms with Crippen molar-refractivity contribution in [2.45, 2.75) is 29.6 Å². The van der Waals surface area contributed by atoms with Gasteiger partial charge in [0.2, 0.25) is 0 Å². The van der Waals surface area contributed by atoms with Crippen LogP contribution in [0.15, 0.2) is 66.7 Å². The normalized spacial score (nSPS) is 27.9. The summed E-state index contributed by atoms with van der Waals surface area (Å²) in [5, 5.41) is 24.8. The topological polar surface area (TPSA) is 77.4 Å². The van der Waals surface area contributed by atoms with Gasteiger partial charge in [0.25, 0.3) is 0 Å². The third kappa shape index (κ3) is 2.66. The SMILES string of the molecule is COc1ccc([C@H]2C[C@H]3Oc4cc(OC)cc(OC)c4[C@]2(O)[C@]3(O)c2ccccc2)cc1. The molecule has 6 nitrogen and oxygen atoms in total. The first-order valence-electron chi connectivity index (χ1n) is 10.5. The summed E-state index contributed by atoms with van der Waals surface area (Å²) < 4.78 is 22.7. The molecule has 0 aromatic heterocycles. The highest BCUT2D eigenvalue weighted by Crippen LogP contribution is 2.66. The molecule has 2 N–H and O–H groups in total. The fourth-order valence-corrected chi connectivity index (χ4v) is 5.34. The molecule has 5 rings (SSSR count). The minimum atomic E-state index is -1.71. The molecule has 0 radical (unpaired) electrons. The molecule has 1 aliphatic carbocycles. The molecule has 3 aromatic carbocycles. The van der Waals surface area contributed by atoms with Gasteiger partial charge in [-0.15, -0.1) is 0 Å². The predicted molar refractivity (Wildman–Crippen MR) is 119 cm³/mol. The second-order valence-electron chi connectivity index (χ2n) is 8.27. The second-order valence-corrected chi connectivity index (χ2v) is 8.27. The minimum absolute atomic E-state index is 0.398. The van der Waals surface area contributed by atoms with Gasteiger partial charge in [0.15, 0.2) is 5.60 Å². The van der Waals surface area contributed by atoms with Gasteiger partial charge in [-0.1, -0.05) is 42.5 Å². The van der Waals surface area contributed by atoms with Crippen molar-refractivity contribution < 1.29 is 29.2 Å². The van der Waals surface area contributed by atoms with Crippen LogP contribution < -0.4 is 18.9 Å². The third-order valence-corrected chi connectivity index (χ3v) is 6.88. The summed E-state index contributed by atoms with van der Waals surface area (Å²) in [5.41, 5.74) is -1.51. The van der Waals surface area contributed by atoms with Crippen LogP contribution in [0.1, 0.15) is 29.0 Å². The first-order valence-corrected chi connectivity index (χ1v) is 10.5. The van der Waals surface area contributed by atoms with Crippen molar-refractivity contribution in [3.8, 4) is 23.0 Å². The Bertz CT molecular complexity index is 1130. The van der Waals surface area contributed by atoms with E-state index in [0.29, 0.717) is 34.8 Å². The maximum Gasteiger partial charge on any atom is 0.160 e. The molecule has 1 saturated carbocycles. The van der Waals surface area contributed by atoms with Gasteiger partial charge in [-0.3, -0.25) is 0 Å². The van der Waals surface area contributed by atoms with Crippen LogP contribution in [0.3, 0.4) is 0 Å². The van der Waals surface area contributed by atoms with Gasteiger partial charge in [0.1, 0.15) is 34.7 Å². The maximum absolute atomic E-state index is 12.6. The van der Waals surface area contributed by atoms with Crippen molar-refractivity contribution in [2.24, 2.45) is 0 Å². The molecule has 166 valence electrons. The molecule has 1 fully saturated rings.